The Hall–Kier alpha value is -0.190. The van der Waals surface area contributed by atoms with E-state index in [9.17, 15) is 4.79 Å². The van der Waals surface area contributed by atoms with Gasteiger partial charge in [-0.3, -0.25) is 4.79 Å². The maximum atomic E-state index is 12.1. The highest BCUT2D eigenvalue weighted by molar-refractivity contribution is 9.10. The first-order valence-electron chi connectivity index (χ1n) is 7.52. The van der Waals surface area contributed by atoms with Gasteiger partial charge in [0, 0.05) is 40.2 Å². The van der Waals surface area contributed by atoms with E-state index in [2.05, 4.69) is 46.2 Å². The number of rotatable bonds is 6. The van der Waals surface area contributed by atoms with Gasteiger partial charge in [0.05, 0.1) is 0 Å². The van der Waals surface area contributed by atoms with Crippen molar-refractivity contribution in [1.29, 1.82) is 0 Å². The zero-order chi connectivity index (χ0) is 14.5. The van der Waals surface area contributed by atoms with E-state index in [0.29, 0.717) is 5.78 Å². The SMILES string of the molecule is CCCC1CCC(=O)C(CN(C)Cc2cc(Br)cs2)C1. The molecule has 1 aromatic heterocycles. The second-order valence-electron chi connectivity index (χ2n) is 6.02. The number of Topliss-reactive ketones (excluding diaryl/α,β-unsaturated/α-hetero) is 1. The van der Waals surface area contributed by atoms with Gasteiger partial charge in [-0.1, -0.05) is 19.8 Å². The van der Waals surface area contributed by atoms with Crippen LogP contribution in [0.4, 0.5) is 0 Å². The zero-order valence-electron chi connectivity index (χ0n) is 12.4. The smallest absolute Gasteiger partial charge is 0.137 e. The molecule has 1 aliphatic carbocycles. The molecule has 1 aromatic rings. The Kier molecular flexibility index (Phi) is 6.24. The number of hydrogen-bond donors (Lipinski definition) is 0. The summed E-state index contributed by atoms with van der Waals surface area (Å²) in [5, 5.41) is 2.12. The molecule has 2 rings (SSSR count). The van der Waals surface area contributed by atoms with E-state index < -0.39 is 0 Å². The minimum atomic E-state index is 0.258. The number of thiophene rings is 1. The van der Waals surface area contributed by atoms with Gasteiger partial charge >= 0.3 is 0 Å². The number of nitrogens with zero attached hydrogens (tertiary/aromatic N) is 1. The lowest BCUT2D eigenvalue weighted by atomic mass is 9.78. The second kappa shape index (κ2) is 7.71. The van der Waals surface area contributed by atoms with Crippen LogP contribution in [0.5, 0.6) is 0 Å². The lowest BCUT2D eigenvalue weighted by Gasteiger charge is -2.30. The standard InChI is InChI=1S/C16H24BrNOS/c1-3-4-12-5-6-16(19)13(7-12)9-18(2)10-15-8-14(17)11-20-15/h8,11-13H,3-7,9-10H2,1-2H3. The minimum absolute atomic E-state index is 0.258. The molecule has 0 spiro atoms. The summed E-state index contributed by atoms with van der Waals surface area (Å²) < 4.78 is 1.16. The Balaban J connectivity index is 1.85. The molecule has 4 heteroatoms. The summed E-state index contributed by atoms with van der Waals surface area (Å²) in [6.45, 7) is 4.10. The minimum Gasteiger partial charge on any atom is -0.301 e. The Morgan fingerprint density at radius 1 is 1.50 bits per heavy atom. The summed E-state index contributed by atoms with van der Waals surface area (Å²) in [6.07, 6.45) is 5.54. The molecular formula is C16H24BrNOS. The summed E-state index contributed by atoms with van der Waals surface area (Å²) in [5.74, 6) is 1.51. The average Bonchev–Trinajstić information content (AvgIpc) is 2.79. The highest BCUT2D eigenvalue weighted by atomic mass is 79.9. The molecule has 0 aliphatic heterocycles. The average molecular weight is 358 g/mol. The molecule has 0 amide bonds. The van der Waals surface area contributed by atoms with E-state index in [1.807, 2.05) is 0 Å². The number of carbonyl (C=O) groups is 1. The van der Waals surface area contributed by atoms with Crippen molar-refractivity contribution >= 4 is 33.0 Å². The predicted octanol–water partition coefficient (Wildman–Crippen LogP) is 4.73. The number of carbonyl (C=O) groups excluding carboxylic acids is 1. The van der Waals surface area contributed by atoms with Crippen LogP contribution < -0.4 is 0 Å². The maximum absolute atomic E-state index is 12.1. The Morgan fingerprint density at radius 2 is 2.30 bits per heavy atom. The third-order valence-electron chi connectivity index (χ3n) is 4.15. The maximum Gasteiger partial charge on any atom is 0.137 e. The van der Waals surface area contributed by atoms with Crippen LogP contribution in [0.3, 0.4) is 0 Å². The van der Waals surface area contributed by atoms with Gasteiger partial charge in [-0.25, -0.2) is 0 Å². The van der Waals surface area contributed by atoms with Gasteiger partial charge in [0.1, 0.15) is 5.78 Å². The third kappa shape index (κ3) is 4.68. The van der Waals surface area contributed by atoms with Gasteiger partial charge < -0.3 is 4.90 Å². The van der Waals surface area contributed by atoms with Gasteiger partial charge in [-0.2, -0.15) is 0 Å². The molecule has 2 nitrogen and oxygen atoms in total. The molecule has 1 heterocycles. The molecule has 1 fully saturated rings. The van der Waals surface area contributed by atoms with Crippen molar-refractivity contribution in [2.24, 2.45) is 11.8 Å². The fourth-order valence-corrected chi connectivity index (χ4v) is 4.72. The Morgan fingerprint density at radius 3 is 2.95 bits per heavy atom. The Bertz CT molecular complexity index is 445. The van der Waals surface area contributed by atoms with Crippen LogP contribution in [0.15, 0.2) is 15.9 Å². The van der Waals surface area contributed by atoms with Gasteiger partial charge in [0.2, 0.25) is 0 Å². The summed E-state index contributed by atoms with van der Waals surface area (Å²) in [4.78, 5) is 15.8. The van der Waals surface area contributed by atoms with Crippen molar-refractivity contribution in [2.45, 2.75) is 45.6 Å². The lowest BCUT2D eigenvalue weighted by Crippen LogP contribution is -2.34. The molecule has 0 N–H and O–H groups in total. The van der Waals surface area contributed by atoms with Crippen LogP contribution in [0.1, 0.15) is 43.9 Å². The normalized spacial score (nSPS) is 23.5. The van der Waals surface area contributed by atoms with Gasteiger partial charge in [-0.05, 0) is 47.8 Å². The molecule has 1 saturated carbocycles. The number of ketones is 1. The first-order valence-corrected chi connectivity index (χ1v) is 9.20. The molecule has 0 saturated heterocycles. The fourth-order valence-electron chi connectivity index (χ4n) is 3.19. The number of halogens is 1. The first-order chi connectivity index (χ1) is 9.58. The van der Waals surface area contributed by atoms with E-state index in [-0.39, 0.29) is 5.92 Å². The van der Waals surface area contributed by atoms with Crippen molar-refractivity contribution in [3.05, 3.63) is 20.8 Å². The monoisotopic (exact) mass is 357 g/mol. The molecular weight excluding hydrogens is 334 g/mol. The summed E-state index contributed by atoms with van der Waals surface area (Å²) in [7, 11) is 2.13. The third-order valence-corrected chi connectivity index (χ3v) is 5.83. The molecule has 2 atom stereocenters. The molecule has 0 bridgehead atoms. The van der Waals surface area contributed by atoms with Crippen LogP contribution in [0, 0.1) is 11.8 Å². The van der Waals surface area contributed by atoms with Gasteiger partial charge in [0.25, 0.3) is 0 Å². The van der Waals surface area contributed by atoms with Gasteiger partial charge in [0.15, 0.2) is 0 Å². The molecule has 20 heavy (non-hydrogen) atoms. The topological polar surface area (TPSA) is 20.3 Å². The van der Waals surface area contributed by atoms with Crippen LogP contribution in [-0.4, -0.2) is 24.3 Å². The zero-order valence-corrected chi connectivity index (χ0v) is 14.8. The molecule has 1 aliphatic rings. The number of hydrogen-bond acceptors (Lipinski definition) is 3. The van der Waals surface area contributed by atoms with E-state index in [0.717, 1.165) is 42.7 Å². The molecule has 112 valence electrons. The van der Waals surface area contributed by atoms with Crippen molar-refractivity contribution in [3.8, 4) is 0 Å². The quantitative estimate of drug-likeness (QED) is 0.733. The van der Waals surface area contributed by atoms with E-state index >= 15 is 0 Å². The largest absolute Gasteiger partial charge is 0.301 e. The van der Waals surface area contributed by atoms with Crippen LogP contribution in [-0.2, 0) is 11.3 Å². The highest BCUT2D eigenvalue weighted by Crippen LogP contribution is 2.30. The Labute approximate surface area is 134 Å². The van der Waals surface area contributed by atoms with E-state index in [4.69, 9.17) is 0 Å². The van der Waals surface area contributed by atoms with Crippen LogP contribution in [0.25, 0.3) is 0 Å². The summed E-state index contributed by atoms with van der Waals surface area (Å²) >= 11 is 5.27. The van der Waals surface area contributed by atoms with Crippen molar-refractivity contribution in [1.82, 2.24) is 4.90 Å². The van der Waals surface area contributed by atoms with Crippen molar-refractivity contribution in [3.63, 3.8) is 0 Å². The van der Waals surface area contributed by atoms with E-state index in [1.165, 1.54) is 17.7 Å². The molecule has 0 aromatic carbocycles. The highest BCUT2D eigenvalue weighted by Gasteiger charge is 2.28. The summed E-state index contributed by atoms with van der Waals surface area (Å²) in [5.41, 5.74) is 0. The van der Waals surface area contributed by atoms with Crippen LogP contribution >= 0.6 is 27.3 Å². The second-order valence-corrected chi connectivity index (χ2v) is 7.93. The summed E-state index contributed by atoms with van der Waals surface area (Å²) in [6, 6.07) is 2.17. The van der Waals surface area contributed by atoms with Crippen molar-refractivity contribution in [2.75, 3.05) is 13.6 Å². The predicted molar refractivity (Wildman–Crippen MR) is 89.1 cm³/mol. The molecule has 2 unspecified atom stereocenters. The van der Waals surface area contributed by atoms with Crippen molar-refractivity contribution < 1.29 is 4.79 Å². The molecule has 0 radical (unpaired) electrons. The first kappa shape index (κ1) is 16.2. The lowest BCUT2D eigenvalue weighted by molar-refractivity contribution is -0.126. The van der Waals surface area contributed by atoms with E-state index in [1.54, 1.807) is 11.3 Å². The van der Waals surface area contributed by atoms with Gasteiger partial charge in [-0.15, -0.1) is 11.3 Å². The fraction of sp³-hybridized carbons (Fsp3) is 0.688. The van der Waals surface area contributed by atoms with Crippen LogP contribution in [0.2, 0.25) is 0 Å².